The first-order chi connectivity index (χ1) is 6.38. The Kier molecular flexibility index (Phi) is 3.24. The number of nitrogens with zero attached hydrogens (tertiary/aromatic N) is 1. The third-order valence-electron chi connectivity index (χ3n) is 2.30. The summed E-state index contributed by atoms with van der Waals surface area (Å²) in [6.45, 7) is 0.579. The van der Waals surface area contributed by atoms with Gasteiger partial charge in [-0.2, -0.15) is 11.8 Å². The van der Waals surface area contributed by atoms with Gasteiger partial charge in [0.15, 0.2) is 0 Å². The smallest absolute Gasteiger partial charge is 0.0931 e. The molecule has 0 spiro atoms. The first-order valence-electron chi connectivity index (χ1n) is 4.59. The Morgan fingerprint density at radius 1 is 1.62 bits per heavy atom. The molecule has 72 valence electrons. The van der Waals surface area contributed by atoms with Crippen molar-refractivity contribution in [3.63, 3.8) is 0 Å². The zero-order valence-electron chi connectivity index (χ0n) is 7.53. The zero-order valence-corrected chi connectivity index (χ0v) is 9.16. The summed E-state index contributed by atoms with van der Waals surface area (Å²) in [4.78, 5) is 4.48. The number of hydrogen-bond acceptors (Lipinski definition) is 4. The highest BCUT2D eigenvalue weighted by Gasteiger charge is 2.17. The topological polar surface area (TPSA) is 38.9 Å². The molecule has 1 atom stereocenters. The van der Waals surface area contributed by atoms with Crippen molar-refractivity contribution in [1.82, 2.24) is 4.98 Å². The number of hydrogen-bond donors (Lipinski definition) is 1. The molecule has 13 heavy (non-hydrogen) atoms. The van der Waals surface area contributed by atoms with Crippen LogP contribution in [-0.4, -0.2) is 16.5 Å². The van der Waals surface area contributed by atoms with E-state index < -0.39 is 0 Å². The second-order valence-electron chi connectivity index (χ2n) is 3.37. The van der Waals surface area contributed by atoms with Crippen molar-refractivity contribution < 1.29 is 0 Å². The fourth-order valence-corrected chi connectivity index (χ4v) is 3.74. The maximum absolute atomic E-state index is 5.51. The highest BCUT2D eigenvalue weighted by atomic mass is 32.2. The summed E-state index contributed by atoms with van der Waals surface area (Å²) in [5.74, 6) is 3.51. The Morgan fingerprint density at radius 3 is 3.15 bits per heavy atom. The molecule has 2 heterocycles. The van der Waals surface area contributed by atoms with Gasteiger partial charge in [-0.05, 0) is 23.8 Å². The number of nitrogens with two attached hydrogens (primary N) is 1. The first kappa shape index (κ1) is 9.49. The minimum atomic E-state index is 0.579. The SMILES string of the molecule is NCc1csc(CC2CCSC2)n1. The van der Waals surface area contributed by atoms with E-state index in [-0.39, 0.29) is 0 Å². The van der Waals surface area contributed by atoms with E-state index in [1.54, 1.807) is 11.3 Å². The Bertz CT molecular complexity index is 266. The van der Waals surface area contributed by atoms with E-state index in [2.05, 4.69) is 22.1 Å². The van der Waals surface area contributed by atoms with Gasteiger partial charge in [0.25, 0.3) is 0 Å². The second-order valence-corrected chi connectivity index (χ2v) is 5.46. The Morgan fingerprint density at radius 2 is 2.54 bits per heavy atom. The van der Waals surface area contributed by atoms with Crippen LogP contribution >= 0.6 is 23.1 Å². The van der Waals surface area contributed by atoms with E-state index in [9.17, 15) is 0 Å². The standard InChI is InChI=1S/C9H14N2S2/c10-4-8-6-13-9(11-8)3-7-1-2-12-5-7/h6-7H,1-5,10H2. The molecule has 0 saturated carbocycles. The van der Waals surface area contributed by atoms with Crippen LogP contribution in [0.5, 0.6) is 0 Å². The number of aromatic nitrogens is 1. The summed E-state index contributed by atoms with van der Waals surface area (Å²) >= 11 is 3.83. The van der Waals surface area contributed by atoms with Gasteiger partial charge in [0.05, 0.1) is 10.7 Å². The lowest BCUT2D eigenvalue weighted by Crippen LogP contribution is -2.03. The molecule has 1 fully saturated rings. The van der Waals surface area contributed by atoms with Gasteiger partial charge < -0.3 is 5.73 Å². The first-order valence-corrected chi connectivity index (χ1v) is 6.63. The maximum Gasteiger partial charge on any atom is 0.0931 e. The lowest BCUT2D eigenvalue weighted by atomic mass is 10.1. The number of rotatable bonds is 3. The van der Waals surface area contributed by atoms with Gasteiger partial charge in [-0.1, -0.05) is 0 Å². The van der Waals surface area contributed by atoms with Crippen LogP contribution in [0, 0.1) is 5.92 Å². The van der Waals surface area contributed by atoms with E-state index in [0.717, 1.165) is 18.0 Å². The van der Waals surface area contributed by atoms with Crippen LogP contribution in [0.2, 0.25) is 0 Å². The van der Waals surface area contributed by atoms with Gasteiger partial charge in [-0.25, -0.2) is 4.98 Å². The van der Waals surface area contributed by atoms with Crippen molar-refractivity contribution in [3.8, 4) is 0 Å². The molecule has 1 aliphatic heterocycles. The van der Waals surface area contributed by atoms with Gasteiger partial charge in [0, 0.05) is 18.3 Å². The molecule has 2 N–H and O–H groups in total. The summed E-state index contributed by atoms with van der Waals surface area (Å²) in [7, 11) is 0. The highest BCUT2D eigenvalue weighted by molar-refractivity contribution is 7.99. The Hall–Kier alpha value is -0.0600. The van der Waals surface area contributed by atoms with Crippen LogP contribution in [0.3, 0.4) is 0 Å². The molecule has 0 bridgehead atoms. The van der Waals surface area contributed by atoms with Gasteiger partial charge in [-0.15, -0.1) is 11.3 Å². The Balaban J connectivity index is 1.92. The average Bonchev–Trinajstić information content (AvgIpc) is 2.76. The minimum Gasteiger partial charge on any atom is -0.325 e. The second kappa shape index (κ2) is 4.44. The molecular weight excluding hydrogens is 200 g/mol. The zero-order chi connectivity index (χ0) is 9.10. The average molecular weight is 214 g/mol. The van der Waals surface area contributed by atoms with Crippen molar-refractivity contribution >= 4 is 23.1 Å². The van der Waals surface area contributed by atoms with Crippen LogP contribution in [0.4, 0.5) is 0 Å². The van der Waals surface area contributed by atoms with Crippen molar-refractivity contribution in [3.05, 3.63) is 16.1 Å². The van der Waals surface area contributed by atoms with Crippen molar-refractivity contribution in [1.29, 1.82) is 0 Å². The number of thiazole rings is 1. The molecule has 0 aromatic carbocycles. The molecule has 1 unspecified atom stereocenters. The van der Waals surface area contributed by atoms with Crippen LogP contribution < -0.4 is 5.73 Å². The van der Waals surface area contributed by atoms with Crippen LogP contribution in [0.1, 0.15) is 17.1 Å². The number of thioether (sulfide) groups is 1. The van der Waals surface area contributed by atoms with E-state index >= 15 is 0 Å². The quantitative estimate of drug-likeness (QED) is 0.835. The minimum absolute atomic E-state index is 0.579. The predicted molar refractivity (Wildman–Crippen MR) is 59.1 cm³/mol. The largest absolute Gasteiger partial charge is 0.325 e. The third kappa shape index (κ3) is 2.45. The lowest BCUT2D eigenvalue weighted by molar-refractivity contribution is 0.593. The lowest BCUT2D eigenvalue weighted by Gasteiger charge is -2.03. The van der Waals surface area contributed by atoms with Crippen molar-refractivity contribution in [2.24, 2.45) is 11.7 Å². The van der Waals surface area contributed by atoms with Gasteiger partial charge in [0.1, 0.15) is 0 Å². The fourth-order valence-electron chi connectivity index (χ4n) is 1.53. The van der Waals surface area contributed by atoms with Crippen LogP contribution in [-0.2, 0) is 13.0 Å². The van der Waals surface area contributed by atoms with Crippen molar-refractivity contribution in [2.45, 2.75) is 19.4 Å². The van der Waals surface area contributed by atoms with Gasteiger partial charge in [0.2, 0.25) is 0 Å². The van der Waals surface area contributed by atoms with Crippen LogP contribution in [0.15, 0.2) is 5.38 Å². The summed E-state index contributed by atoms with van der Waals surface area (Å²) in [5, 5.41) is 3.35. The molecule has 1 aliphatic rings. The summed E-state index contributed by atoms with van der Waals surface area (Å²) in [5.41, 5.74) is 6.56. The maximum atomic E-state index is 5.51. The molecule has 0 amide bonds. The monoisotopic (exact) mass is 214 g/mol. The molecular formula is C9H14N2S2. The van der Waals surface area contributed by atoms with E-state index in [0.29, 0.717) is 6.54 Å². The summed E-state index contributed by atoms with van der Waals surface area (Å²) < 4.78 is 0. The van der Waals surface area contributed by atoms with E-state index in [1.807, 2.05) is 0 Å². The van der Waals surface area contributed by atoms with Crippen LogP contribution in [0.25, 0.3) is 0 Å². The fraction of sp³-hybridized carbons (Fsp3) is 0.667. The van der Waals surface area contributed by atoms with Gasteiger partial charge in [-0.3, -0.25) is 0 Å². The summed E-state index contributed by atoms with van der Waals surface area (Å²) in [6.07, 6.45) is 2.53. The highest BCUT2D eigenvalue weighted by Crippen LogP contribution is 2.27. The molecule has 1 aromatic heterocycles. The molecule has 2 nitrogen and oxygen atoms in total. The summed E-state index contributed by atoms with van der Waals surface area (Å²) in [6, 6.07) is 0. The van der Waals surface area contributed by atoms with Crippen molar-refractivity contribution in [2.75, 3.05) is 11.5 Å². The molecule has 1 saturated heterocycles. The molecule has 2 rings (SSSR count). The van der Waals surface area contributed by atoms with Gasteiger partial charge >= 0.3 is 0 Å². The normalized spacial score (nSPS) is 22.4. The predicted octanol–water partition coefficient (Wildman–Crippen LogP) is 1.90. The molecule has 0 aliphatic carbocycles. The Labute approximate surface area is 86.9 Å². The van der Waals surface area contributed by atoms with E-state index in [1.165, 1.54) is 22.9 Å². The van der Waals surface area contributed by atoms with E-state index in [4.69, 9.17) is 5.73 Å². The third-order valence-corrected chi connectivity index (χ3v) is 4.45. The molecule has 1 aromatic rings. The molecule has 4 heteroatoms. The molecule has 0 radical (unpaired) electrons.